The van der Waals surface area contributed by atoms with Gasteiger partial charge in [0.1, 0.15) is 0 Å². The number of nitro benzene ring substituents is 1. The normalized spacial score (nSPS) is 11.8. The molecule has 0 amide bonds. The second kappa shape index (κ2) is 6.19. The Hall–Kier alpha value is -2.67. The van der Waals surface area contributed by atoms with Crippen LogP contribution >= 0.6 is 0 Å². The lowest BCUT2D eigenvalue weighted by Crippen LogP contribution is -1.96. The van der Waals surface area contributed by atoms with E-state index in [0.29, 0.717) is 11.3 Å². The zero-order valence-electron chi connectivity index (χ0n) is 11.5. The number of aromatic nitrogens is 1. The standard InChI is InChI=1S/C14H14N2O5/c1-9(17)10-5-6-15-14(7-10)21-13-8-11(16(18)19)3-4-12(13)20-2/h3-9,17H,1-2H3/t9-/m1/s1. The number of pyridine rings is 1. The zero-order valence-corrected chi connectivity index (χ0v) is 11.5. The second-order valence-electron chi connectivity index (χ2n) is 4.30. The van der Waals surface area contributed by atoms with E-state index in [1.807, 2.05) is 0 Å². The van der Waals surface area contributed by atoms with E-state index in [1.54, 1.807) is 19.1 Å². The van der Waals surface area contributed by atoms with Gasteiger partial charge >= 0.3 is 0 Å². The van der Waals surface area contributed by atoms with Gasteiger partial charge in [-0.3, -0.25) is 10.1 Å². The number of nitrogens with zero attached hydrogens (tertiary/aromatic N) is 2. The molecular weight excluding hydrogens is 276 g/mol. The van der Waals surface area contributed by atoms with Crippen LogP contribution in [0.15, 0.2) is 36.5 Å². The highest BCUT2D eigenvalue weighted by Crippen LogP contribution is 2.34. The zero-order chi connectivity index (χ0) is 15.4. The number of rotatable bonds is 5. The first-order valence-corrected chi connectivity index (χ1v) is 6.15. The Morgan fingerprint density at radius 3 is 2.67 bits per heavy atom. The predicted molar refractivity (Wildman–Crippen MR) is 74.6 cm³/mol. The molecular formula is C14H14N2O5. The van der Waals surface area contributed by atoms with Gasteiger partial charge in [-0.15, -0.1) is 0 Å². The number of hydrogen-bond acceptors (Lipinski definition) is 6. The summed E-state index contributed by atoms with van der Waals surface area (Å²) in [6.07, 6.45) is 0.823. The van der Waals surface area contributed by atoms with Gasteiger partial charge in [-0.25, -0.2) is 4.98 Å². The van der Waals surface area contributed by atoms with Gasteiger partial charge in [0.05, 0.1) is 24.2 Å². The van der Waals surface area contributed by atoms with Gasteiger partial charge in [-0.1, -0.05) is 0 Å². The lowest BCUT2D eigenvalue weighted by atomic mass is 10.2. The number of methoxy groups -OCH3 is 1. The Morgan fingerprint density at radius 1 is 1.29 bits per heavy atom. The summed E-state index contributed by atoms with van der Waals surface area (Å²) in [5.41, 5.74) is 0.516. The second-order valence-corrected chi connectivity index (χ2v) is 4.30. The molecule has 2 aromatic rings. The minimum absolute atomic E-state index is 0.113. The molecule has 2 rings (SSSR count). The smallest absolute Gasteiger partial charge is 0.273 e. The predicted octanol–water partition coefficient (Wildman–Crippen LogP) is 2.84. The van der Waals surface area contributed by atoms with Gasteiger partial charge in [0.2, 0.25) is 5.88 Å². The van der Waals surface area contributed by atoms with Crippen molar-refractivity contribution in [3.8, 4) is 17.4 Å². The fourth-order valence-corrected chi connectivity index (χ4v) is 1.71. The molecule has 21 heavy (non-hydrogen) atoms. The number of ether oxygens (including phenoxy) is 2. The number of non-ortho nitro benzene ring substituents is 1. The molecule has 0 aliphatic carbocycles. The maximum Gasteiger partial charge on any atom is 0.273 e. The average Bonchev–Trinajstić information content (AvgIpc) is 2.47. The number of hydrogen-bond donors (Lipinski definition) is 1. The van der Waals surface area contributed by atoms with Gasteiger partial charge in [0.25, 0.3) is 5.69 Å². The largest absolute Gasteiger partial charge is 0.493 e. The molecule has 110 valence electrons. The van der Waals surface area contributed by atoms with Crippen LogP contribution in [0.1, 0.15) is 18.6 Å². The molecule has 1 aromatic carbocycles. The van der Waals surface area contributed by atoms with Gasteiger partial charge in [0, 0.05) is 18.3 Å². The highest BCUT2D eigenvalue weighted by molar-refractivity contribution is 5.49. The first-order chi connectivity index (χ1) is 10.0. The Labute approximate surface area is 120 Å². The molecule has 1 N–H and O–H groups in total. The van der Waals surface area contributed by atoms with Crippen LogP contribution in [0.3, 0.4) is 0 Å². The lowest BCUT2D eigenvalue weighted by Gasteiger charge is -2.11. The molecule has 1 atom stereocenters. The van der Waals surface area contributed by atoms with Crippen molar-refractivity contribution < 1.29 is 19.5 Å². The summed E-state index contributed by atoms with van der Waals surface area (Å²) in [6, 6.07) is 7.25. The van der Waals surface area contributed by atoms with E-state index >= 15 is 0 Å². The molecule has 0 radical (unpaired) electrons. The van der Waals surface area contributed by atoms with Gasteiger partial charge in [-0.2, -0.15) is 0 Å². The summed E-state index contributed by atoms with van der Waals surface area (Å²) in [5, 5.41) is 20.3. The van der Waals surface area contributed by atoms with Crippen molar-refractivity contribution >= 4 is 5.69 Å². The van der Waals surface area contributed by atoms with Crippen LogP contribution in [0.5, 0.6) is 17.4 Å². The first kappa shape index (κ1) is 14.7. The van der Waals surface area contributed by atoms with Crippen LogP contribution in [0.25, 0.3) is 0 Å². The minimum atomic E-state index is -0.664. The van der Waals surface area contributed by atoms with E-state index in [9.17, 15) is 15.2 Å². The SMILES string of the molecule is COc1ccc([N+](=O)[O-])cc1Oc1cc([C@@H](C)O)ccn1. The summed E-state index contributed by atoms with van der Waals surface area (Å²) in [5.74, 6) is 0.749. The molecule has 7 heteroatoms. The summed E-state index contributed by atoms with van der Waals surface area (Å²) >= 11 is 0. The maximum atomic E-state index is 10.8. The van der Waals surface area contributed by atoms with Gasteiger partial charge in [-0.05, 0) is 24.6 Å². The summed E-state index contributed by atoms with van der Waals surface area (Å²) in [6.45, 7) is 1.62. The Bertz CT molecular complexity index is 658. The monoisotopic (exact) mass is 290 g/mol. The van der Waals surface area contributed by atoms with Crippen molar-refractivity contribution in [2.45, 2.75) is 13.0 Å². The first-order valence-electron chi connectivity index (χ1n) is 6.15. The average molecular weight is 290 g/mol. The third-order valence-corrected chi connectivity index (χ3v) is 2.81. The molecule has 0 aliphatic rings. The number of aliphatic hydroxyl groups is 1. The summed E-state index contributed by atoms with van der Waals surface area (Å²) in [7, 11) is 1.44. The number of aliphatic hydroxyl groups excluding tert-OH is 1. The highest BCUT2D eigenvalue weighted by atomic mass is 16.6. The number of nitro groups is 1. The van der Waals surface area contributed by atoms with Crippen molar-refractivity contribution in [3.05, 3.63) is 52.2 Å². The molecule has 7 nitrogen and oxygen atoms in total. The van der Waals surface area contributed by atoms with Crippen LogP contribution in [0.2, 0.25) is 0 Å². The van der Waals surface area contributed by atoms with Crippen LogP contribution in [-0.2, 0) is 0 Å². The quantitative estimate of drug-likeness (QED) is 0.672. The van der Waals surface area contributed by atoms with E-state index in [2.05, 4.69) is 4.98 Å². The van der Waals surface area contributed by atoms with Crippen LogP contribution in [0, 0.1) is 10.1 Å². The van der Waals surface area contributed by atoms with E-state index in [0.717, 1.165) is 0 Å². The van der Waals surface area contributed by atoms with Crippen LogP contribution in [-0.4, -0.2) is 22.1 Å². The van der Waals surface area contributed by atoms with E-state index in [-0.39, 0.29) is 17.3 Å². The van der Waals surface area contributed by atoms with Gasteiger partial charge < -0.3 is 14.6 Å². The summed E-state index contributed by atoms with van der Waals surface area (Å²) < 4.78 is 10.6. The molecule has 1 aromatic heterocycles. The fraction of sp³-hybridized carbons (Fsp3) is 0.214. The van der Waals surface area contributed by atoms with Gasteiger partial charge in [0.15, 0.2) is 11.5 Å². The molecule has 0 aliphatic heterocycles. The maximum absolute atomic E-state index is 10.8. The fourth-order valence-electron chi connectivity index (χ4n) is 1.71. The Morgan fingerprint density at radius 2 is 2.05 bits per heavy atom. The Balaban J connectivity index is 2.35. The molecule has 0 saturated carbocycles. The van der Waals surface area contributed by atoms with Crippen molar-refractivity contribution in [1.82, 2.24) is 4.98 Å². The van der Waals surface area contributed by atoms with Crippen molar-refractivity contribution in [2.75, 3.05) is 7.11 Å². The van der Waals surface area contributed by atoms with E-state index in [1.165, 1.54) is 31.5 Å². The third-order valence-electron chi connectivity index (χ3n) is 2.81. The third kappa shape index (κ3) is 3.46. The van der Waals surface area contributed by atoms with Crippen molar-refractivity contribution in [3.63, 3.8) is 0 Å². The molecule has 0 fully saturated rings. The van der Waals surface area contributed by atoms with E-state index in [4.69, 9.17) is 9.47 Å². The number of benzene rings is 1. The topological polar surface area (TPSA) is 94.7 Å². The van der Waals surface area contributed by atoms with E-state index < -0.39 is 11.0 Å². The summed E-state index contributed by atoms with van der Waals surface area (Å²) in [4.78, 5) is 14.3. The molecule has 0 saturated heterocycles. The van der Waals surface area contributed by atoms with Crippen molar-refractivity contribution in [1.29, 1.82) is 0 Å². The minimum Gasteiger partial charge on any atom is -0.493 e. The van der Waals surface area contributed by atoms with Crippen LogP contribution < -0.4 is 9.47 Å². The molecule has 0 bridgehead atoms. The van der Waals surface area contributed by atoms with Crippen molar-refractivity contribution in [2.24, 2.45) is 0 Å². The Kier molecular flexibility index (Phi) is 4.34. The molecule has 0 spiro atoms. The molecule has 1 heterocycles. The highest BCUT2D eigenvalue weighted by Gasteiger charge is 2.14. The van der Waals surface area contributed by atoms with Crippen LogP contribution in [0.4, 0.5) is 5.69 Å². The lowest BCUT2D eigenvalue weighted by molar-refractivity contribution is -0.384. The molecule has 0 unspecified atom stereocenters.